The van der Waals surface area contributed by atoms with Crippen LogP contribution in [0.5, 0.6) is 5.75 Å². The normalized spacial score (nSPS) is 12.9. The number of carbonyl (C=O) groups is 2. The van der Waals surface area contributed by atoms with Crippen molar-refractivity contribution >= 4 is 22.1 Å². The molecule has 0 amide bonds. The lowest BCUT2D eigenvalue weighted by molar-refractivity contribution is -0.148. The van der Waals surface area contributed by atoms with E-state index in [-0.39, 0.29) is 30.3 Å². The van der Waals surface area contributed by atoms with Crippen molar-refractivity contribution in [1.29, 1.82) is 0 Å². The van der Waals surface area contributed by atoms with E-state index in [9.17, 15) is 18.0 Å². The molecule has 8 nitrogen and oxygen atoms in total. The fourth-order valence-electron chi connectivity index (χ4n) is 3.40. The Bertz CT molecular complexity index is 1230. The van der Waals surface area contributed by atoms with E-state index in [4.69, 9.17) is 19.4 Å². The van der Waals surface area contributed by atoms with Gasteiger partial charge in [-0.05, 0) is 42.3 Å². The molecule has 3 rings (SSSR count). The third-order valence-corrected chi connectivity index (χ3v) is 6.41. The zero-order valence-corrected chi connectivity index (χ0v) is 20.0. The summed E-state index contributed by atoms with van der Waals surface area (Å²) in [4.78, 5) is 25.0. The lowest BCUT2D eigenvalue weighted by atomic mass is 9.88. The second kappa shape index (κ2) is 12.1. The number of rotatable bonds is 11. The molecule has 0 aromatic heterocycles. The molecule has 0 spiro atoms. The Labute approximate surface area is 204 Å². The Balaban J connectivity index is 1.82. The zero-order valence-electron chi connectivity index (χ0n) is 19.2. The number of benzene rings is 3. The third-order valence-electron chi connectivity index (χ3n) is 5.15. The van der Waals surface area contributed by atoms with Crippen LogP contribution in [0.3, 0.4) is 0 Å². The van der Waals surface area contributed by atoms with Crippen molar-refractivity contribution in [2.45, 2.75) is 36.8 Å². The summed E-state index contributed by atoms with van der Waals surface area (Å²) in [6.45, 7) is 1.86. The van der Waals surface area contributed by atoms with Crippen LogP contribution in [0.25, 0.3) is 0 Å². The van der Waals surface area contributed by atoms with E-state index in [0.717, 1.165) is 5.56 Å². The molecule has 9 heteroatoms. The maximum atomic E-state index is 12.7. The summed E-state index contributed by atoms with van der Waals surface area (Å²) < 4.78 is 40.9. The molecular weight excluding hydrogens is 470 g/mol. The Morgan fingerprint density at radius 1 is 0.886 bits per heavy atom. The van der Waals surface area contributed by atoms with Crippen LogP contribution < -0.4 is 9.92 Å². The molecule has 0 radical (unpaired) electrons. The maximum absolute atomic E-state index is 12.7. The van der Waals surface area contributed by atoms with Crippen molar-refractivity contribution in [3.8, 4) is 5.75 Å². The lowest BCUT2D eigenvalue weighted by Crippen LogP contribution is -2.39. The van der Waals surface area contributed by atoms with Crippen LogP contribution in [0.15, 0.2) is 89.8 Å². The van der Waals surface area contributed by atoms with E-state index in [1.807, 2.05) is 30.3 Å². The van der Waals surface area contributed by atoms with E-state index >= 15 is 0 Å². The first kappa shape index (κ1) is 25.9. The van der Waals surface area contributed by atoms with E-state index in [0.29, 0.717) is 5.56 Å². The minimum atomic E-state index is -4.08. The third kappa shape index (κ3) is 7.40. The van der Waals surface area contributed by atoms with E-state index < -0.39 is 34.0 Å². The van der Waals surface area contributed by atoms with Crippen molar-refractivity contribution < 1.29 is 31.7 Å². The second-order valence-electron chi connectivity index (χ2n) is 7.66. The van der Waals surface area contributed by atoms with Gasteiger partial charge in [-0.1, -0.05) is 60.7 Å². The van der Waals surface area contributed by atoms with Gasteiger partial charge in [-0.25, -0.2) is 0 Å². The summed E-state index contributed by atoms with van der Waals surface area (Å²) in [6.07, 6.45) is -0.204. The first-order valence-electron chi connectivity index (χ1n) is 11.0. The van der Waals surface area contributed by atoms with Crippen LogP contribution in [0, 0.1) is 0 Å². The fourth-order valence-corrected chi connectivity index (χ4v) is 4.34. The predicted molar refractivity (Wildman–Crippen MR) is 129 cm³/mol. The first-order valence-corrected chi connectivity index (χ1v) is 12.4. The summed E-state index contributed by atoms with van der Waals surface area (Å²) in [6, 6.07) is 21.7. The zero-order chi connectivity index (χ0) is 25.3. The minimum absolute atomic E-state index is 0.00494. The van der Waals surface area contributed by atoms with Crippen LogP contribution in [-0.2, 0) is 35.8 Å². The van der Waals surface area contributed by atoms with Crippen molar-refractivity contribution in [3.05, 3.63) is 96.1 Å². The van der Waals surface area contributed by atoms with Crippen molar-refractivity contribution in [2.24, 2.45) is 5.73 Å². The average Bonchev–Trinajstić information content (AvgIpc) is 2.86. The number of esters is 2. The SMILES string of the molecule is CCOC(=O)CC(c1cccc(OS(=O)(=O)c2ccccc2)c1)C(N)C(=O)OCc1ccccc1. The molecule has 3 aromatic carbocycles. The van der Waals surface area contributed by atoms with Crippen LogP contribution in [0.4, 0.5) is 0 Å². The van der Waals surface area contributed by atoms with Crippen LogP contribution in [0.2, 0.25) is 0 Å². The molecule has 3 aromatic rings. The van der Waals surface area contributed by atoms with Gasteiger partial charge in [0.15, 0.2) is 0 Å². The molecule has 0 saturated heterocycles. The Morgan fingerprint density at radius 2 is 1.54 bits per heavy atom. The fraction of sp³-hybridized carbons (Fsp3) is 0.231. The highest BCUT2D eigenvalue weighted by Gasteiger charge is 2.31. The molecule has 35 heavy (non-hydrogen) atoms. The van der Waals surface area contributed by atoms with Gasteiger partial charge in [-0.3, -0.25) is 9.59 Å². The minimum Gasteiger partial charge on any atom is -0.466 e. The highest BCUT2D eigenvalue weighted by molar-refractivity contribution is 7.87. The Kier molecular flexibility index (Phi) is 8.99. The summed E-state index contributed by atoms with van der Waals surface area (Å²) in [5, 5.41) is 0. The number of carbonyl (C=O) groups excluding carboxylic acids is 2. The number of hydrogen-bond acceptors (Lipinski definition) is 8. The number of ether oxygens (including phenoxy) is 2. The Morgan fingerprint density at radius 3 is 2.20 bits per heavy atom. The van der Waals surface area contributed by atoms with E-state index in [1.165, 1.54) is 24.3 Å². The molecule has 0 aliphatic carbocycles. The predicted octanol–water partition coefficient (Wildman–Crippen LogP) is 3.56. The molecule has 0 fully saturated rings. The summed E-state index contributed by atoms with van der Waals surface area (Å²) in [5.41, 5.74) is 7.45. The van der Waals surface area contributed by atoms with Crippen LogP contribution in [0.1, 0.15) is 30.4 Å². The highest BCUT2D eigenvalue weighted by atomic mass is 32.2. The average molecular weight is 498 g/mol. The van der Waals surface area contributed by atoms with Gasteiger partial charge < -0.3 is 19.4 Å². The first-order chi connectivity index (χ1) is 16.8. The second-order valence-corrected chi connectivity index (χ2v) is 9.20. The number of hydrogen-bond donors (Lipinski definition) is 1. The molecule has 2 atom stereocenters. The quantitative estimate of drug-likeness (QED) is 0.315. The summed E-state index contributed by atoms with van der Waals surface area (Å²) in [7, 11) is -4.08. The molecule has 2 N–H and O–H groups in total. The van der Waals surface area contributed by atoms with Gasteiger partial charge in [0.1, 0.15) is 23.3 Å². The van der Waals surface area contributed by atoms with Gasteiger partial charge in [-0.15, -0.1) is 0 Å². The van der Waals surface area contributed by atoms with Crippen LogP contribution >= 0.6 is 0 Å². The molecule has 0 aliphatic heterocycles. The molecule has 0 heterocycles. The van der Waals surface area contributed by atoms with E-state index in [2.05, 4.69) is 0 Å². The van der Waals surface area contributed by atoms with Crippen LogP contribution in [-0.4, -0.2) is 33.0 Å². The van der Waals surface area contributed by atoms with Gasteiger partial charge in [0, 0.05) is 5.92 Å². The van der Waals surface area contributed by atoms with Gasteiger partial charge >= 0.3 is 22.1 Å². The molecule has 0 aliphatic rings. The molecule has 2 unspecified atom stereocenters. The summed E-state index contributed by atoms with van der Waals surface area (Å²) >= 11 is 0. The molecule has 0 bridgehead atoms. The molecule has 184 valence electrons. The molecular formula is C26H27NO7S. The van der Waals surface area contributed by atoms with E-state index in [1.54, 1.807) is 37.3 Å². The van der Waals surface area contributed by atoms with Gasteiger partial charge in [0.2, 0.25) is 0 Å². The smallest absolute Gasteiger partial charge is 0.339 e. The lowest BCUT2D eigenvalue weighted by Gasteiger charge is -2.23. The largest absolute Gasteiger partial charge is 0.466 e. The van der Waals surface area contributed by atoms with Crippen molar-refractivity contribution in [1.82, 2.24) is 0 Å². The Hall–Kier alpha value is -3.69. The number of nitrogens with two attached hydrogens (primary N) is 1. The molecule has 0 saturated carbocycles. The topological polar surface area (TPSA) is 122 Å². The monoisotopic (exact) mass is 497 g/mol. The van der Waals surface area contributed by atoms with Crippen molar-refractivity contribution in [2.75, 3.05) is 6.61 Å². The van der Waals surface area contributed by atoms with Crippen molar-refractivity contribution in [3.63, 3.8) is 0 Å². The standard InChI is InChI=1S/C26H27NO7S/c1-2-32-24(28)17-23(25(27)26(29)33-18-19-10-5-3-6-11-19)20-12-9-13-21(16-20)34-35(30,31)22-14-7-4-8-15-22/h3-16,23,25H,2,17-18,27H2,1H3. The summed E-state index contributed by atoms with van der Waals surface area (Å²) in [5.74, 6) is -2.07. The van der Waals surface area contributed by atoms with Gasteiger partial charge in [0.25, 0.3) is 0 Å². The van der Waals surface area contributed by atoms with Gasteiger partial charge in [-0.2, -0.15) is 8.42 Å². The maximum Gasteiger partial charge on any atom is 0.339 e. The highest BCUT2D eigenvalue weighted by Crippen LogP contribution is 2.29. The van der Waals surface area contributed by atoms with Gasteiger partial charge in [0.05, 0.1) is 13.0 Å².